The average Bonchev–Trinajstić information content (AvgIpc) is 3.71. The van der Waals surface area contributed by atoms with Gasteiger partial charge in [-0.3, -0.25) is 14.4 Å². The number of piperazine rings is 1. The van der Waals surface area contributed by atoms with Crippen LogP contribution in [0.4, 0.5) is 31.8 Å². The van der Waals surface area contributed by atoms with E-state index in [2.05, 4.69) is 42.3 Å². The molecule has 12 heteroatoms. The number of piperidine rings is 1. The summed E-state index contributed by atoms with van der Waals surface area (Å²) in [6.07, 6.45) is 9.59. The van der Waals surface area contributed by atoms with Crippen molar-refractivity contribution in [1.82, 2.24) is 24.6 Å². The Morgan fingerprint density at radius 1 is 1.05 bits per heavy atom. The topological polar surface area (TPSA) is 83.8 Å². The maximum absolute atomic E-state index is 14.7. The summed E-state index contributed by atoms with van der Waals surface area (Å²) in [5.74, 6) is -0.154. The number of rotatable bonds is 7. The van der Waals surface area contributed by atoms with Gasteiger partial charge in [-0.15, -0.1) is 0 Å². The molecule has 2 atom stereocenters. The second kappa shape index (κ2) is 12.0. The number of anilines is 4. The Morgan fingerprint density at radius 3 is 2.80 bits per heavy atom. The second-order valence-electron chi connectivity index (χ2n) is 11.6. The van der Waals surface area contributed by atoms with Crippen molar-refractivity contribution in [2.24, 2.45) is 7.05 Å². The molecule has 0 saturated carbocycles. The summed E-state index contributed by atoms with van der Waals surface area (Å²) >= 11 is 0. The Morgan fingerprint density at radius 2 is 1.95 bits per heavy atom. The molecule has 0 bridgehead atoms. The molecule has 44 heavy (non-hydrogen) atoms. The molecule has 4 aromatic rings. The molecule has 10 nitrogen and oxygen atoms in total. The van der Waals surface area contributed by atoms with Crippen LogP contribution in [0, 0.1) is 11.6 Å². The van der Waals surface area contributed by atoms with Gasteiger partial charge in [0.2, 0.25) is 0 Å². The molecular weight excluding hydrogens is 566 g/mol. The number of benzene rings is 2. The number of nitrogens with one attached hydrogen (secondary N) is 1. The molecule has 3 saturated heterocycles. The Bertz CT molecular complexity index is 1650. The predicted molar refractivity (Wildman–Crippen MR) is 164 cm³/mol. The number of ether oxygens (including phenoxy) is 1. The van der Waals surface area contributed by atoms with E-state index in [4.69, 9.17) is 9.57 Å². The number of fused-ring (bicyclic) bond motifs is 1. The highest BCUT2D eigenvalue weighted by atomic mass is 19.2. The molecule has 230 valence electrons. The van der Waals surface area contributed by atoms with Gasteiger partial charge in [-0.25, -0.2) is 23.8 Å². The third kappa shape index (κ3) is 5.43. The van der Waals surface area contributed by atoms with Crippen LogP contribution in [0.2, 0.25) is 0 Å². The van der Waals surface area contributed by atoms with Crippen molar-refractivity contribution in [3.8, 4) is 16.9 Å². The Balaban J connectivity index is 1.21. The van der Waals surface area contributed by atoms with E-state index in [1.807, 2.05) is 19.4 Å². The summed E-state index contributed by atoms with van der Waals surface area (Å²) in [4.78, 5) is 19.8. The maximum Gasteiger partial charge on any atom is 0.164 e. The normalized spacial score (nSPS) is 20.5. The summed E-state index contributed by atoms with van der Waals surface area (Å²) in [6, 6.07) is 10.1. The fraction of sp³-hybridized carbons (Fsp3) is 0.406. The highest BCUT2D eigenvalue weighted by Crippen LogP contribution is 2.42. The summed E-state index contributed by atoms with van der Waals surface area (Å²) in [5, 5.41) is 9.38. The number of hydrogen-bond acceptors (Lipinski definition) is 9. The molecule has 0 amide bonds. The van der Waals surface area contributed by atoms with Gasteiger partial charge in [-0.1, -0.05) is 18.6 Å². The standard InChI is InChI=1S/C32H36F2N8O2/c1-39-18-21(17-37-39)24-14-26(29(43-2)15-28(24)41-12-11-40-10-4-3-6-22(40)19-41)38-30-16-31(36-20-35-30)42-27(9-13-44-42)23-7-5-8-25(33)32(23)34/h5,7-8,14-18,20,22,27H,3-4,6,9-13,19H2,1-2H3,(H,35,36,38)/t22-,27-/m1/s1. The van der Waals surface area contributed by atoms with E-state index in [9.17, 15) is 8.78 Å². The third-order valence-corrected chi connectivity index (χ3v) is 8.90. The molecule has 1 N–H and O–H groups in total. The number of nitrogens with zero attached hydrogens (tertiary/aromatic N) is 7. The van der Waals surface area contributed by atoms with Crippen LogP contribution in [0.25, 0.3) is 11.1 Å². The largest absolute Gasteiger partial charge is 0.494 e. The molecule has 0 unspecified atom stereocenters. The van der Waals surface area contributed by atoms with Crippen LogP contribution >= 0.6 is 0 Å². The molecule has 3 aliphatic rings. The van der Waals surface area contributed by atoms with E-state index in [1.165, 1.54) is 43.3 Å². The molecule has 3 fully saturated rings. The molecule has 0 spiro atoms. The van der Waals surface area contributed by atoms with Crippen LogP contribution in [-0.2, 0) is 11.9 Å². The van der Waals surface area contributed by atoms with Crippen molar-refractivity contribution < 1.29 is 18.4 Å². The second-order valence-corrected chi connectivity index (χ2v) is 11.6. The Hall–Kier alpha value is -4.29. The van der Waals surface area contributed by atoms with E-state index in [0.717, 1.165) is 48.2 Å². The van der Waals surface area contributed by atoms with Crippen molar-refractivity contribution in [2.75, 3.05) is 55.2 Å². The Labute approximate surface area is 255 Å². The average molecular weight is 603 g/mol. The smallest absolute Gasteiger partial charge is 0.164 e. The lowest BCUT2D eigenvalue weighted by atomic mass is 9.97. The van der Waals surface area contributed by atoms with E-state index in [1.54, 1.807) is 23.9 Å². The van der Waals surface area contributed by atoms with Crippen LogP contribution in [0.5, 0.6) is 5.75 Å². The fourth-order valence-corrected chi connectivity index (χ4v) is 6.69. The van der Waals surface area contributed by atoms with Gasteiger partial charge in [0.1, 0.15) is 17.9 Å². The lowest BCUT2D eigenvalue weighted by Crippen LogP contribution is -2.55. The van der Waals surface area contributed by atoms with E-state index >= 15 is 0 Å². The first-order valence-corrected chi connectivity index (χ1v) is 15.1. The molecule has 0 radical (unpaired) electrons. The third-order valence-electron chi connectivity index (χ3n) is 8.90. The van der Waals surface area contributed by atoms with Crippen molar-refractivity contribution in [2.45, 2.75) is 37.8 Å². The van der Waals surface area contributed by atoms with E-state index in [0.29, 0.717) is 36.5 Å². The van der Waals surface area contributed by atoms with Crippen LogP contribution in [0.3, 0.4) is 0 Å². The molecule has 3 aliphatic heterocycles. The lowest BCUT2D eigenvalue weighted by Gasteiger charge is -2.45. The van der Waals surface area contributed by atoms with Crippen molar-refractivity contribution >= 4 is 23.0 Å². The van der Waals surface area contributed by atoms with Gasteiger partial charge >= 0.3 is 0 Å². The molecule has 7 rings (SSSR count). The summed E-state index contributed by atoms with van der Waals surface area (Å²) in [6.45, 7) is 4.50. The van der Waals surface area contributed by atoms with Gasteiger partial charge in [-0.2, -0.15) is 5.10 Å². The zero-order valence-electron chi connectivity index (χ0n) is 24.9. The molecule has 2 aromatic carbocycles. The number of hydroxylamine groups is 1. The minimum absolute atomic E-state index is 0.225. The zero-order valence-corrected chi connectivity index (χ0v) is 24.9. The number of halogens is 2. The van der Waals surface area contributed by atoms with Gasteiger partial charge in [0.05, 0.1) is 31.6 Å². The monoisotopic (exact) mass is 602 g/mol. The number of aryl methyl sites for hydroxylation is 1. The fourth-order valence-electron chi connectivity index (χ4n) is 6.69. The van der Waals surface area contributed by atoms with Gasteiger partial charge in [0.25, 0.3) is 0 Å². The van der Waals surface area contributed by atoms with Crippen molar-refractivity contribution in [3.63, 3.8) is 0 Å². The number of hydrogen-bond donors (Lipinski definition) is 1. The quantitative estimate of drug-likeness (QED) is 0.296. The Kier molecular flexibility index (Phi) is 7.77. The van der Waals surface area contributed by atoms with Crippen LogP contribution in [0.1, 0.15) is 37.3 Å². The zero-order chi connectivity index (χ0) is 30.2. The maximum atomic E-state index is 14.7. The van der Waals surface area contributed by atoms with Gasteiger partial charge in [0, 0.05) is 79.9 Å². The lowest BCUT2D eigenvalue weighted by molar-refractivity contribution is 0.133. The molecular formula is C32H36F2N8O2. The highest BCUT2D eigenvalue weighted by Gasteiger charge is 2.33. The molecule has 2 aromatic heterocycles. The number of aromatic nitrogens is 4. The minimum Gasteiger partial charge on any atom is -0.494 e. The minimum atomic E-state index is -0.889. The first kappa shape index (κ1) is 28.5. The van der Waals surface area contributed by atoms with Crippen LogP contribution < -0.4 is 20.0 Å². The van der Waals surface area contributed by atoms with Gasteiger partial charge in [-0.05, 0) is 31.5 Å². The predicted octanol–water partition coefficient (Wildman–Crippen LogP) is 5.47. The SMILES string of the molecule is COc1cc(N2CCN3CCCC[C@@H]3C2)c(-c2cnn(C)c2)cc1Nc1cc(N2OCC[C@@H]2c2cccc(F)c2F)ncn1. The summed E-state index contributed by atoms with van der Waals surface area (Å²) in [5.41, 5.74) is 4.12. The van der Waals surface area contributed by atoms with Gasteiger partial charge in [0.15, 0.2) is 17.5 Å². The number of methoxy groups -OCH3 is 1. The first-order valence-electron chi connectivity index (χ1n) is 15.1. The van der Waals surface area contributed by atoms with E-state index < -0.39 is 17.7 Å². The highest BCUT2D eigenvalue weighted by molar-refractivity contribution is 5.85. The van der Waals surface area contributed by atoms with Crippen molar-refractivity contribution in [1.29, 1.82) is 0 Å². The van der Waals surface area contributed by atoms with Crippen LogP contribution in [0.15, 0.2) is 55.1 Å². The van der Waals surface area contributed by atoms with E-state index in [-0.39, 0.29) is 5.56 Å². The van der Waals surface area contributed by atoms with Crippen molar-refractivity contribution in [3.05, 3.63) is 72.3 Å². The summed E-state index contributed by atoms with van der Waals surface area (Å²) in [7, 11) is 3.58. The first-order chi connectivity index (χ1) is 21.5. The summed E-state index contributed by atoms with van der Waals surface area (Å²) < 4.78 is 36.4. The van der Waals surface area contributed by atoms with Gasteiger partial charge < -0.3 is 15.0 Å². The molecule has 0 aliphatic carbocycles. The molecule has 5 heterocycles. The van der Waals surface area contributed by atoms with Crippen LogP contribution in [-0.4, -0.2) is 70.6 Å².